The molecule has 1 heterocycles. The van der Waals surface area contributed by atoms with Gasteiger partial charge in [-0.1, -0.05) is 0 Å². The molecule has 3 nitrogen and oxygen atoms in total. The molecule has 78 valence electrons. The molecule has 1 rings (SSSR count). The first-order chi connectivity index (χ1) is 6.42. The molecule has 0 fully saturated rings. The van der Waals surface area contributed by atoms with Gasteiger partial charge in [-0.15, -0.1) is 0 Å². The number of nitrogens with zero attached hydrogens (tertiary/aromatic N) is 1. The van der Waals surface area contributed by atoms with Crippen LogP contribution in [-0.4, -0.2) is 15.5 Å². The standard InChI is InChI=1S/C9H12INO2S/c1-9(2,3)13-8(12)7-4-5-11(6-7)14-10/h4-6H,1-3H3. The average Bonchev–Trinajstić information content (AvgIpc) is 2.48. The van der Waals surface area contributed by atoms with Crippen molar-refractivity contribution in [1.29, 1.82) is 0 Å². The first-order valence-electron chi connectivity index (χ1n) is 4.13. The van der Waals surface area contributed by atoms with Crippen LogP contribution < -0.4 is 0 Å². The maximum Gasteiger partial charge on any atom is 0.340 e. The molecule has 0 aromatic carbocycles. The lowest BCUT2D eigenvalue weighted by molar-refractivity contribution is 0.00697. The Morgan fingerprint density at radius 1 is 1.57 bits per heavy atom. The minimum Gasteiger partial charge on any atom is -0.456 e. The van der Waals surface area contributed by atoms with Gasteiger partial charge in [-0.3, -0.25) is 3.97 Å². The molecule has 0 spiro atoms. The average molecular weight is 325 g/mol. The van der Waals surface area contributed by atoms with E-state index in [1.807, 2.05) is 30.9 Å². The van der Waals surface area contributed by atoms with E-state index >= 15 is 0 Å². The van der Waals surface area contributed by atoms with Crippen molar-refractivity contribution in [3.63, 3.8) is 0 Å². The van der Waals surface area contributed by atoms with Crippen LogP contribution in [0.25, 0.3) is 0 Å². The van der Waals surface area contributed by atoms with Crippen LogP contribution in [0.1, 0.15) is 31.1 Å². The molecular weight excluding hydrogens is 313 g/mol. The van der Waals surface area contributed by atoms with Crippen LogP contribution in [-0.2, 0) is 4.74 Å². The summed E-state index contributed by atoms with van der Waals surface area (Å²) in [6.45, 7) is 5.57. The van der Waals surface area contributed by atoms with E-state index in [1.165, 1.54) is 9.12 Å². The summed E-state index contributed by atoms with van der Waals surface area (Å²) in [5, 5.41) is 0. The maximum atomic E-state index is 11.5. The molecular formula is C9H12INO2S. The smallest absolute Gasteiger partial charge is 0.340 e. The quantitative estimate of drug-likeness (QED) is 0.618. The van der Waals surface area contributed by atoms with Crippen LogP contribution in [0.5, 0.6) is 0 Å². The molecule has 0 unspecified atom stereocenters. The summed E-state index contributed by atoms with van der Waals surface area (Å²) in [5.41, 5.74) is 0.153. The molecule has 0 atom stereocenters. The molecule has 0 radical (unpaired) electrons. The fraction of sp³-hybridized carbons (Fsp3) is 0.444. The SMILES string of the molecule is CC(C)(C)OC(=O)c1ccn(SI)c1. The van der Waals surface area contributed by atoms with E-state index in [1.54, 1.807) is 12.3 Å². The lowest BCUT2D eigenvalue weighted by atomic mass is 10.2. The number of aromatic nitrogens is 1. The number of halogens is 1. The highest BCUT2D eigenvalue weighted by Gasteiger charge is 2.18. The Hall–Kier alpha value is -0.170. The fourth-order valence-corrected chi connectivity index (χ4v) is 1.87. The highest BCUT2D eigenvalue weighted by Crippen LogP contribution is 2.18. The summed E-state index contributed by atoms with van der Waals surface area (Å²) in [4.78, 5) is 11.5. The van der Waals surface area contributed by atoms with Gasteiger partial charge in [0.2, 0.25) is 0 Å². The lowest BCUT2D eigenvalue weighted by Crippen LogP contribution is -2.23. The van der Waals surface area contributed by atoms with E-state index < -0.39 is 5.60 Å². The predicted octanol–water partition coefficient (Wildman–Crippen LogP) is 3.29. The molecule has 0 saturated carbocycles. The van der Waals surface area contributed by atoms with Gasteiger partial charge in [0.05, 0.1) is 5.56 Å². The number of hydrogen-bond donors (Lipinski definition) is 0. The Morgan fingerprint density at radius 2 is 2.21 bits per heavy atom. The molecule has 0 bridgehead atoms. The zero-order valence-corrected chi connectivity index (χ0v) is 11.3. The molecule has 1 aromatic heterocycles. The zero-order valence-electron chi connectivity index (χ0n) is 8.28. The Bertz CT molecular complexity index is 330. The second-order valence-corrected chi connectivity index (χ2v) is 5.57. The van der Waals surface area contributed by atoms with Crippen molar-refractivity contribution in [2.75, 3.05) is 0 Å². The molecule has 14 heavy (non-hydrogen) atoms. The third-order valence-corrected chi connectivity index (χ3v) is 3.13. The van der Waals surface area contributed by atoms with E-state index in [2.05, 4.69) is 21.2 Å². The van der Waals surface area contributed by atoms with Crippen molar-refractivity contribution >= 4 is 36.3 Å². The van der Waals surface area contributed by atoms with E-state index in [0.29, 0.717) is 5.56 Å². The highest BCUT2D eigenvalue weighted by molar-refractivity contribution is 14.2. The number of rotatable bonds is 2. The van der Waals surface area contributed by atoms with Crippen molar-refractivity contribution < 1.29 is 9.53 Å². The molecule has 0 saturated heterocycles. The number of carbonyl (C=O) groups excluding carboxylic acids is 1. The van der Waals surface area contributed by atoms with Crippen molar-refractivity contribution in [1.82, 2.24) is 3.97 Å². The van der Waals surface area contributed by atoms with Crippen LogP contribution in [0.15, 0.2) is 18.5 Å². The molecule has 0 aliphatic carbocycles. The van der Waals surface area contributed by atoms with Gasteiger partial charge in [0, 0.05) is 42.7 Å². The zero-order chi connectivity index (χ0) is 10.8. The van der Waals surface area contributed by atoms with E-state index in [-0.39, 0.29) is 5.97 Å². The van der Waals surface area contributed by atoms with Gasteiger partial charge in [0.15, 0.2) is 0 Å². The highest BCUT2D eigenvalue weighted by atomic mass is 127. The molecule has 1 aromatic rings. The van der Waals surface area contributed by atoms with Gasteiger partial charge in [-0.25, -0.2) is 4.79 Å². The second kappa shape index (κ2) is 4.57. The summed E-state index contributed by atoms with van der Waals surface area (Å²) < 4.78 is 7.06. The molecule has 0 aliphatic rings. The van der Waals surface area contributed by atoms with Crippen LogP contribution in [0.2, 0.25) is 0 Å². The molecule has 0 aliphatic heterocycles. The van der Waals surface area contributed by atoms with Gasteiger partial charge in [0.1, 0.15) is 5.60 Å². The third kappa shape index (κ3) is 3.53. The van der Waals surface area contributed by atoms with Gasteiger partial charge in [-0.2, -0.15) is 0 Å². The molecule has 0 N–H and O–H groups in total. The minimum atomic E-state index is -0.434. The normalized spacial score (nSPS) is 11.4. The number of ether oxygens (including phenoxy) is 1. The van der Waals surface area contributed by atoms with Crippen LogP contribution in [0.4, 0.5) is 0 Å². The topological polar surface area (TPSA) is 31.2 Å². The summed E-state index contributed by atoms with van der Waals surface area (Å²) in [6.07, 6.45) is 3.58. The Labute approximate surface area is 99.9 Å². The van der Waals surface area contributed by atoms with E-state index in [0.717, 1.165) is 0 Å². The summed E-state index contributed by atoms with van der Waals surface area (Å²) >= 11 is 2.15. The first kappa shape index (κ1) is 11.9. The summed E-state index contributed by atoms with van der Waals surface area (Å²) in [5.74, 6) is -0.276. The van der Waals surface area contributed by atoms with Crippen molar-refractivity contribution in [2.24, 2.45) is 0 Å². The summed E-state index contributed by atoms with van der Waals surface area (Å²) in [7, 11) is 1.50. The first-order valence-corrected chi connectivity index (χ1v) is 7.44. The lowest BCUT2D eigenvalue weighted by Gasteiger charge is -2.18. The van der Waals surface area contributed by atoms with E-state index in [9.17, 15) is 4.79 Å². The largest absolute Gasteiger partial charge is 0.456 e. The van der Waals surface area contributed by atoms with Crippen molar-refractivity contribution in [3.8, 4) is 0 Å². The molecule has 0 amide bonds. The monoisotopic (exact) mass is 325 g/mol. The Kier molecular flexibility index (Phi) is 3.88. The Balaban J connectivity index is 2.70. The predicted molar refractivity (Wildman–Crippen MR) is 66.6 cm³/mol. The van der Waals surface area contributed by atoms with Gasteiger partial charge in [0.25, 0.3) is 0 Å². The fourth-order valence-electron chi connectivity index (χ4n) is 0.878. The third-order valence-electron chi connectivity index (χ3n) is 1.38. The minimum absolute atomic E-state index is 0.276. The van der Waals surface area contributed by atoms with Gasteiger partial charge in [-0.05, 0) is 26.8 Å². The van der Waals surface area contributed by atoms with Crippen LogP contribution >= 0.6 is 30.3 Å². The summed E-state index contributed by atoms with van der Waals surface area (Å²) in [6, 6.07) is 1.75. The number of hydrogen-bond acceptors (Lipinski definition) is 3. The van der Waals surface area contributed by atoms with Gasteiger partial charge < -0.3 is 4.74 Å². The van der Waals surface area contributed by atoms with Gasteiger partial charge >= 0.3 is 5.97 Å². The number of carbonyl (C=O) groups is 1. The number of esters is 1. The van der Waals surface area contributed by atoms with Crippen molar-refractivity contribution in [2.45, 2.75) is 26.4 Å². The molecule has 5 heteroatoms. The van der Waals surface area contributed by atoms with E-state index in [4.69, 9.17) is 4.74 Å². The van der Waals surface area contributed by atoms with Crippen molar-refractivity contribution in [3.05, 3.63) is 24.0 Å². The Morgan fingerprint density at radius 3 is 2.64 bits per heavy atom. The maximum absolute atomic E-state index is 11.5. The second-order valence-electron chi connectivity index (χ2n) is 3.83. The van der Waals surface area contributed by atoms with Crippen LogP contribution in [0.3, 0.4) is 0 Å². The van der Waals surface area contributed by atoms with Crippen LogP contribution in [0, 0.1) is 0 Å².